The minimum absolute atomic E-state index is 0.0267. The Kier molecular flexibility index (Phi) is 9.32. The molecule has 0 aromatic heterocycles. The van der Waals surface area contributed by atoms with E-state index < -0.39 is 0 Å². The van der Waals surface area contributed by atoms with Crippen molar-refractivity contribution in [3.05, 3.63) is 250 Å². The number of hydrogen-bond acceptors (Lipinski definition) is 0. The van der Waals surface area contributed by atoms with Gasteiger partial charge >= 0.3 is 0 Å². The summed E-state index contributed by atoms with van der Waals surface area (Å²) < 4.78 is 0. The topological polar surface area (TPSA) is 0 Å². The van der Waals surface area contributed by atoms with Crippen molar-refractivity contribution in [1.82, 2.24) is 0 Å². The van der Waals surface area contributed by atoms with Crippen molar-refractivity contribution in [2.24, 2.45) is 0 Å². The number of benzene rings is 10. The maximum atomic E-state index is 2.49. The summed E-state index contributed by atoms with van der Waals surface area (Å²) in [6.07, 6.45) is 0. The zero-order chi connectivity index (χ0) is 50.8. The lowest BCUT2D eigenvalue weighted by Crippen LogP contribution is -2.16. The molecule has 0 amide bonds. The van der Waals surface area contributed by atoms with Crippen LogP contribution in [0.2, 0.25) is 0 Å². The second-order valence-electron chi connectivity index (χ2n) is 24.3. The van der Waals surface area contributed by atoms with E-state index in [9.17, 15) is 0 Å². The lowest BCUT2D eigenvalue weighted by Gasteiger charge is -2.24. The molecule has 0 radical (unpaired) electrons. The first-order valence-electron chi connectivity index (χ1n) is 26.8. The smallest absolute Gasteiger partial charge is 0.0159 e. The first kappa shape index (κ1) is 44.9. The fourth-order valence-corrected chi connectivity index (χ4v) is 14.3. The minimum Gasteiger partial charge on any atom is -0.0619 e. The third-order valence-corrected chi connectivity index (χ3v) is 18.4. The number of hydrogen-bond donors (Lipinski definition) is 0. The van der Waals surface area contributed by atoms with E-state index in [0.717, 1.165) is 0 Å². The Balaban J connectivity index is 0.748. The molecule has 4 aliphatic carbocycles. The molecule has 358 valence electrons. The van der Waals surface area contributed by atoms with Gasteiger partial charge < -0.3 is 0 Å². The highest BCUT2D eigenvalue weighted by Crippen LogP contribution is 2.56. The summed E-state index contributed by atoms with van der Waals surface area (Å²) in [5, 5.41) is 0. The summed E-state index contributed by atoms with van der Waals surface area (Å²) in [5.41, 5.74) is 37.0. The van der Waals surface area contributed by atoms with Crippen LogP contribution in [0.1, 0.15) is 111 Å². The standard InChI is InChI=1S/C74H62/c1-43-33-44(2)35-52(34-43)54-16-12-11-15-53(54)51-25-32-62-61-31-24-50(41-69(61)74(9,10)70(62)42-51)49-23-30-60-59-29-22-48(39-67(59)73(7,8)68(60)40-49)47-21-28-58-57-27-20-46(37-65(57)72(5,6)66(58)38-47)45-19-26-56-55-17-13-14-18-63(55)71(3,4)64(56)36-45/h11-42H,1-10H3. The van der Waals surface area contributed by atoms with E-state index in [4.69, 9.17) is 0 Å². The van der Waals surface area contributed by atoms with E-state index in [2.05, 4.69) is 263 Å². The molecule has 0 heterocycles. The van der Waals surface area contributed by atoms with Gasteiger partial charge in [0.05, 0.1) is 0 Å². The lowest BCUT2D eigenvalue weighted by atomic mass is 9.79. The molecule has 4 aliphatic rings. The van der Waals surface area contributed by atoms with Gasteiger partial charge in [0.2, 0.25) is 0 Å². The molecule has 0 saturated carbocycles. The van der Waals surface area contributed by atoms with E-state index in [1.54, 1.807) is 0 Å². The zero-order valence-corrected chi connectivity index (χ0v) is 44.5. The Morgan fingerprint density at radius 2 is 0.419 bits per heavy atom. The molecule has 14 rings (SSSR count). The van der Waals surface area contributed by atoms with Gasteiger partial charge in [-0.1, -0.05) is 218 Å². The Hall–Kier alpha value is -7.80. The van der Waals surface area contributed by atoms with Gasteiger partial charge in [-0.2, -0.15) is 0 Å². The normalized spacial score (nSPS) is 15.9. The summed E-state index contributed by atoms with van der Waals surface area (Å²) in [5.74, 6) is 0. The molecule has 0 bridgehead atoms. The van der Waals surface area contributed by atoms with Crippen molar-refractivity contribution < 1.29 is 0 Å². The molecule has 0 spiro atoms. The van der Waals surface area contributed by atoms with Gasteiger partial charge in [-0.25, -0.2) is 0 Å². The summed E-state index contributed by atoms with van der Waals surface area (Å²) >= 11 is 0. The van der Waals surface area contributed by atoms with Gasteiger partial charge in [-0.05, 0) is 201 Å². The second-order valence-corrected chi connectivity index (χ2v) is 24.3. The number of fused-ring (bicyclic) bond motifs is 12. The largest absolute Gasteiger partial charge is 0.0619 e. The van der Waals surface area contributed by atoms with E-state index in [1.807, 2.05) is 0 Å². The Bertz CT molecular complexity index is 4060. The molecule has 0 fully saturated rings. The summed E-state index contributed by atoms with van der Waals surface area (Å²) in [7, 11) is 0. The minimum atomic E-state index is -0.162. The lowest BCUT2D eigenvalue weighted by molar-refractivity contribution is 0.659. The highest BCUT2D eigenvalue weighted by molar-refractivity contribution is 5.92. The predicted molar refractivity (Wildman–Crippen MR) is 313 cm³/mol. The molecule has 0 N–H and O–H groups in total. The molecule has 10 aromatic carbocycles. The fraction of sp³-hybridized carbons (Fsp3) is 0.189. The van der Waals surface area contributed by atoms with Crippen molar-refractivity contribution >= 4 is 0 Å². The van der Waals surface area contributed by atoms with Crippen LogP contribution in [0.15, 0.2) is 194 Å². The van der Waals surface area contributed by atoms with Crippen LogP contribution in [0.5, 0.6) is 0 Å². The van der Waals surface area contributed by atoms with E-state index >= 15 is 0 Å². The van der Waals surface area contributed by atoms with Crippen LogP contribution in [-0.2, 0) is 21.7 Å². The van der Waals surface area contributed by atoms with Gasteiger partial charge in [0.15, 0.2) is 0 Å². The average Bonchev–Trinajstić information content (AvgIpc) is 3.97. The molecule has 0 atom stereocenters. The Morgan fingerprint density at radius 1 is 0.189 bits per heavy atom. The molecule has 0 unspecified atom stereocenters. The first-order chi connectivity index (χ1) is 35.5. The molecule has 0 saturated heterocycles. The number of rotatable bonds is 5. The van der Waals surface area contributed by atoms with Crippen molar-refractivity contribution in [2.75, 3.05) is 0 Å². The first-order valence-corrected chi connectivity index (χ1v) is 26.8. The average molecular weight is 951 g/mol. The van der Waals surface area contributed by atoms with Crippen LogP contribution in [0.3, 0.4) is 0 Å². The molecular weight excluding hydrogens is 889 g/mol. The zero-order valence-electron chi connectivity index (χ0n) is 44.5. The molecular formula is C74H62. The molecule has 0 aliphatic heterocycles. The Morgan fingerprint density at radius 3 is 0.743 bits per heavy atom. The van der Waals surface area contributed by atoms with Gasteiger partial charge in [0.1, 0.15) is 0 Å². The van der Waals surface area contributed by atoms with Crippen molar-refractivity contribution in [1.29, 1.82) is 0 Å². The molecule has 0 nitrogen and oxygen atoms in total. The molecule has 10 aromatic rings. The van der Waals surface area contributed by atoms with Gasteiger partial charge in [0.25, 0.3) is 0 Å². The molecule has 74 heavy (non-hydrogen) atoms. The molecule has 0 heteroatoms. The van der Waals surface area contributed by atoms with Crippen LogP contribution in [0.4, 0.5) is 0 Å². The third kappa shape index (κ3) is 6.33. The van der Waals surface area contributed by atoms with Crippen LogP contribution in [0.25, 0.3) is 100 Å². The second kappa shape index (κ2) is 15.4. The predicted octanol–water partition coefficient (Wildman–Crippen LogP) is 19.9. The highest BCUT2D eigenvalue weighted by Gasteiger charge is 2.40. The van der Waals surface area contributed by atoms with Gasteiger partial charge in [-0.15, -0.1) is 0 Å². The van der Waals surface area contributed by atoms with Crippen LogP contribution >= 0.6 is 0 Å². The summed E-state index contributed by atoms with van der Waals surface area (Å²) in [4.78, 5) is 0. The van der Waals surface area contributed by atoms with Crippen LogP contribution < -0.4 is 0 Å². The third-order valence-electron chi connectivity index (χ3n) is 18.4. The van der Waals surface area contributed by atoms with Crippen LogP contribution in [0, 0.1) is 13.8 Å². The van der Waals surface area contributed by atoms with E-state index in [1.165, 1.54) is 156 Å². The van der Waals surface area contributed by atoms with Crippen molar-refractivity contribution in [2.45, 2.75) is 90.9 Å². The monoisotopic (exact) mass is 950 g/mol. The summed E-state index contributed by atoms with van der Waals surface area (Å²) in [6, 6.07) is 75.1. The van der Waals surface area contributed by atoms with Gasteiger partial charge in [-0.3, -0.25) is 0 Å². The van der Waals surface area contributed by atoms with E-state index in [0.29, 0.717) is 0 Å². The van der Waals surface area contributed by atoms with Crippen LogP contribution in [-0.4, -0.2) is 0 Å². The maximum absolute atomic E-state index is 2.49. The highest BCUT2D eigenvalue weighted by atomic mass is 14.4. The van der Waals surface area contributed by atoms with Crippen molar-refractivity contribution in [3.8, 4) is 100 Å². The number of aryl methyl sites for hydroxylation is 2. The van der Waals surface area contributed by atoms with Crippen molar-refractivity contribution in [3.63, 3.8) is 0 Å². The SMILES string of the molecule is Cc1cc(C)cc(-c2ccccc2-c2ccc3c(c2)C(C)(C)c2cc(-c4ccc5c(c4)C(C)(C)c4cc(-c6ccc7c(c6)C(C)(C)c6cc(-c8ccc9c(c8)C(C)(C)c8ccccc8-9)ccc6-7)ccc4-5)ccc2-3)c1. The Labute approximate surface area is 438 Å². The summed E-state index contributed by atoms with van der Waals surface area (Å²) in [6.45, 7) is 23.6. The van der Waals surface area contributed by atoms with E-state index in [-0.39, 0.29) is 21.7 Å². The van der Waals surface area contributed by atoms with Gasteiger partial charge in [0, 0.05) is 21.7 Å². The fourth-order valence-electron chi connectivity index (χ4n) is 14.3. The maximum Gasteiger partial charge on any atom is 0.0159 e. The quantitative estimate of drug-likeness (QED) is 0.161.